The van der Waals surface area contributed by atoms with Crippen LogP contribution < -0.4 is 4.90 Å². The minimum Gasteiger partial charge on any atom is -0.481 e. The zero-order valence-corrected chi connectivity index (χ0v) is 9.61. The first-order valence-electron chi connectivity index (χ1n) is 5.05. The first kappa shape index (κ1) is 11.1. The van der Waals surface area contributed by atoms with Gasteiger partial charge in [0.15, 0.2) is 0 Å². The Bertz CT molecular complexity index is 404. The van der Waals surface area contributed by atoms with Gasteiger partial charge in [0.2, 0.25) is 0 Å². The van der Waals surface area contributed by atoms with Gasteiger partial charge in [-0.2, -0.15) is 0 Å². The van der Waals surface area contributed by atoms with Gasteiger partial charge in [-0.05, 0) is 13.3 Å². The van der Waals surface area contributed by atoms with E-state index in [1.165, 1.54) is 0 Å². The molecule has 86 valence electrons. The number of carbonyl (C=O) groups is 1. The molecule has 0 aliphatic carbocycles. The summed E-state index contributed by atoms with van der Waals surface area (Å²) >= 11 is 5.83. The SMILES string of the molecule is Cc1nc(Cl)cc(N2CC[C@@H](C(=O)O)C2)n1. The van der Waals surface area contributed by atoms with Crippen molar-refractivity contribution in [3.63, 3.8) is 0 Å². The molecule has 1 aliphatic rings. The van der Waals surface area contributed by atoms with Crippen LogP contribution in [0.3, 0.4) is 0 Å². The molecule has 2 heterocycles. The number of hydrogen-bond acceptors (Lipinski definition) is 4. The Morgan fingerprint density at radius 3 is 2.94 bits per heavy atom. The highest BCUT2D eigenvalue weighted by Crippen LogP contribution is 2.23. The highest BCUT2D eigenvalue weighted by Gasteiger charge is 2.28. The monoisotopic (exact) mass is 241 g/mol. The molecule has 1 N–H and O–H groups in total. The summed E-state index contributed by atoms with van der Waals surface area (Å²) in [5, 5.41) is 9.29. The number of hydrogen-bond donors (Lipinski definition) is 1. The van der Waals surface area contributed by atoms with Crippen molar-refractivity contribution in [1.82, 2.24) is 9.97 Å². The van der Waals surface area contributed by atoms with E-state index in [0.717, 1.165) is 0 Å². The third-order valence-electron chi connectivity index (χ3n) is 2.65. The number of carboxylic acid groups (broad SMARTS) is 1. The number of aliphatic carboxylic acids is 1. The number of aryl methyl sites for hydroxylation is 1. The summed E-state index contributed by atoms with van der Waals surface area (Å²) < 4.78 is 0. The Morgan fingerprint density at radius 1 is 1.62 bits per heavy atom. The average molecular weight is 242 g/mol. The van der Waals surface area contributed by atoms with Crippen LogP contribution in [0, 0.1) is 12.8 Å². The van der Waals surface area contributed by atoms with Crippen LogP contribution in [0.1, 0.15) is 12.2 Å². The third-order valence-corrected chi connectivity index (χ3v) is 2.85. The summed E-state index contributed by atoms with van der Waals surface area (Å²) in [6.45, 7) is 2.95. The Morgan fingerprint density at radius 2 is 2.38 bits per heavy atom. The summed E-state index contributed by atoms with van der Waals surface area (Å²) in [6.07, 6.45) is 0.649. The molecule has 1 aromatic rings. The molecule has 0 aromatic carbocycles. The first-order valence-corrected chi connectivity index (χ1v) is 5.43. The van der Waals surface area contributed by atoms with Gasteiger partial charge in [0.25, 0.3) is 0 Å². The van der Waals surface area contributed by atoms with Crippen LogP contribution in [0.25, 0.3) is 0 Å². The molecule has 16 heavy (non-hydrogen) atoms. The van der Waals surface area contributed by atoms with Crippen molar-refractivity contribution in [2.24, 2.45) is 5.92 Å². The second-order valence-corrected chi connectivity index (χ2v) is 4.25. The van der Waals surface area contributed by atoms with Crippen molar-refractivity contribution >= 4 is 23.4 Å². The zero-order valence-electron chi connectivity index (χ0n) is 8.85. The zero-order chi connectivity index (χ0) is 11.7. The van der Waals surface area contributed by atoms with Gasteiger partial charge in [-0.25, -0.2) is 9.97 Å². The van der Waals surface area contributed by atoms with E-state index in [4.69, 9.17) is 16.7 Å². The number of anilines is 1. The van der Waals surface area contributed by atoms with E-state index in [0.29, 0.717) is 36.3 Å². The number of halogens is 1. The van der Waals surface area contributed by atoms with Crippen LogP contribution in [0.4, 0.5) is 5.82 Å². The molecule has 2 rings (SSSR count). The molecule has 0 radical (unpaired) electrons. The summed E-state index contributed by atoms with van der Waals surface area (Å²) in [5.74, 6) is 0.246. The smallest absolute Gasteiger partial charge is 0.308 e. The molecule has 1 saturated heterocycles. The molecular weight excluding hydrogens is 230 g/mol. The quantitative estimate of drug-likeness (QED) is 0.792. The van der Waals surface area contributed by atoms with Crippen LogP contribution in [-0.2, 0) is 4.79 Å². The topological polar surface area (TPSA) is 66.3 Å². The van der Waals surface area contributed by atoms with Gasteiger partial charge in [0.1, 0.15) is 16.8 Å². The van der Waals surface area contributed by atoms with Gasteiger partial charge in [-0.1, -0.05) is 11.6 Å². The molecule has 0 unspecified atom stereocenters. The molecule has 6 heteroatoms. The maximum atomic E-state index is 10.8. The van der Waals surface area contributed by atoms with E-state index < -0.39 is 5.97 Å². The number of rotatable bonds is 2. The third kappa shape index (κ3) is 2.24. The molecule has 0 bridgehead atoms. The molecule has 1 fully saturated rings. The van der Waals surface area contributed by atoms with E-state index in [-0.39, 0.29) is 5.92 Å². The number of aromatic nitrogens is 2. The lowest BCUT2D eigenvalue weighted by atomic mass is 10.1. The molecule has 0 spiro atoms. The molecule has 1 atom stereocenters. The van der Waals surface area contributed by atoms with Crippen LogP contribution in [0.2, 0.25) is 5.15 Å². The Labute approximate surface area is 98.1 Å². The minimum absolute atomic E-state index is 0.311. The van der Waals surface area contributed by atoms with Gasteiger partial charge < -0.3 is 10.0 Å². The molecule has 0 saturated carbocycles. The molecular formula is C10H12ClN3O2. The summed E-state index contributed by atoms with van der Waals surface area (Å²) in [4.78, 5) is 21.0. The standard InChI is InChI=1S/C10H12ClN3O2/c1-6-12-8(11)4-9(13-6)14-3-2-7(5-14)10(15)16/h4,7H,2-3,5H2,1H3,(H,15,16)/t7-/m1/s1. The van der Waals surface area contributed by atoms with Crippen molar-refractivity contribution in [2.45, 2.75) is 13.3 Å². The van der Waals surface area contributed by atoms with Crippen LogP contribution in [0.15, 0.2) is 6.07 Å². The number of carboxylic acids is 1. The lowest BCUT2D eigenvalue weighted by Crippen LogP contribution is -2.23. The van der Waals surface area contributed by atoms with Crippen LogP contribution in [-0.4, -0.2) is 34.1 Å². The summed E-state index contributed by atoms with van der Waals surface area (Å²) in [7, 11) is 0. The van der Waals surface area contributed by atoms with Crippen molar-refractivity contribution in [1.29, 1.82) is 0 Å². The van der Waals surface area contributed by atoms with Gasteiger partial charge >= 0.3 is 5.97 Å². The van der Waals surface area contributed by atoms with Gasteiger partial charge in [-0.3, -0.25) is 4.79 Å². The fourth-order valence-corrected chi connectivity index (χ4v) is 2.07. The van der Waals surface area contributed by atoms with Gasteiger partial charge in [-0.15, -0.1) is 0 Å². The lowest BCUT2D eigenvalue weighted by Gasteiger charge is -2.17. The summed E-state index contributed by atoms with van der Waals surface area (Å²) in [5.41, 5.74) is 0. The highest BCUT2D eigenvalue weighted by atomic mass is 35.5. The van der Waals surface area contributed by atoms with Crippen LogP contribution >= 0.6 is 11.6 Å². The fraction of sp³-hybridized carbons (Fsp3) is 0.500. The fourth-order valence-electron chi connectivity index (χ4n) is 1.85. The van der Waals surface area contributed by atoms with Gasteiger partial charge in [0.05, 0.1) is 5.92 Å². The van der Waals surface area contributed by atoms with Crippen molar-refractivity contribution in [3.05, 3.63) is 17.0 Å². The molecule has 1 aromatic heterocycles. The maximum Gasteiger partial charge on any atom is 0.308 e. The molecule has 1 aliphatic heterocycles. The van der Waals surface area contributed by atoms with Crippen molar-refractivity contribution in [2.75, 3.05) is 18.0 Å². The second kappa shape index (κ2) is 4.25. The van der Waals surface area contributed by atoms with E-state index in [9.17, 15) is 4.79 Å². The second-order valence-electron chi connectivity index (χ2n) is 3.87. The Balaban J connectivity index is 2.17. The molecule has 5 nitrogen and oxygen atoms in total. The van der Waals surface area contributed by atoms with Crippen molar-refractivity contribution < 1.29 is 9.90 Å². The molecule has 0 amide bonds. The Kier molecular flexibility index (Phi) is 2.96. The predicted octanol–water partition coefficient (Wildman–Crippen LogP) is 1.35. The Hall–Kier alpha value is -1.36. The van der Waals surface area contributed by atoms with Crippen LogP contribution in [0.5, 0.6) is 0 Å². The van der Waals surface area contributed by atoms with Gasteiger partial charge in [0, 0.05) is 19.2 Å². The maximum absolute atomic E-state index is 10.8. The van der Waals surface area contributed by atoms with E-state index in [1.54, 1.807) is 13.0 Å². The predicted molar refractivity (Wildman–Crippen MR) is 59.7 cm³/mol. The van der Waals surface area contributed by atoms with E-state index >= 15 is 0 Å². The lowest BCUT2D eigenvalue weighted by molar-refractivity contribution is -0.140. The summed E-state index contributed by atoms with van der Waals surface area (Å²) in [6, 6.07) is 1.67. The normalized spacial score (nSPS) is 20.1. The van der Waals surface area contributed by atoms with Crippen molar-refractivity contribution in [3.8, 4) is 0 Å². The number of nitrogens with zero attached hydrogens (tertiary/aromatic N) is 3. The highest BCUT2D eigenvalue weighted by molar-refractivity contribution is 6.29. The first-order chi connectivity index (χ1) is 7.56. The largest absolute Gasteiger partial charge is 0.481 e. The minimum atomic E-state index is -0.751. The van der Waals surface area contributed by atoms with E-state index in [2.05, 4.69) is 9.97 Å². The van der Waals surface area contributed by atoms with E-state index in [1.807, 2.05) is 4.90 Å². The average Bonchev–Trinajstić information content (AvgIpc) is 2.64.